The number of halogens is 1. The number of aromatic hydroxyl groups is 1. The quantitative estimate of drug-likeness (QED) is 0.747. The molecular weight excluding hydrogens is 183 g/mol. The first-order chi connectivity index (χ1) is 6.77. The van der Waals surface area contributed by atoms with Gasteiger partial charge in [-0.15, -0.1) is 0 Å². The zero-order valence-electron chi connectivity index (χ0n) is 7.18. The second-order valence-corrected chi connectivity index (χ2v) is 2.76. The number of phenols is 1. The highest BCUT2D eigenvalue weighted by Gasteiger charge is 2.03. The number of phenolic OH excluding ortho intramolecular Hbond substituents is 1. The Balaban J connectivity index is 2.48. The van der Waals surface area contributed by atoms with E-state index in [9.17, 15) is 4.39 Å². The highest BCUT2D eigenvalue weighted by Crippen LogP contribution is 2.22. The molecule has 0 atom stereocenters. The summed E-state index contributed by atoms with van der Waals surface area (Å²) in [7, 11) is 0. The number of aromatic nitrogens is 2. The van der Waals surface area contributed by atoms with Crippen LogP contribution in [0.2, 0.25) is 0 Å². The van der Waals surface area contributed by atoms with Crippen LogP contribution in [0.4, 0.5) is 4.39 Å². The van der Waals surface area contributed by atoms with Gasteiger partial charge in [-0.2, -0.15) is 0 Å². The number of hydrogen-bond acceptors (Lipinski definition) is 3. The smallest absolute Gasteiger partial charge is 0.165 e. The molecule has 0 aliphatic heterocycles. The normalized spacial score (nSPS) is 10.1. The molecule has 0 fully saturated rings. The molecule has 0 saturated heterocycles. The summed E-state index contributed by atoms with van der Waals surface area (Å²) in [5.74, 6) is -1.02. The maximum atomic E-state index is 13.0. The van der Waals surface area contributed by atoms with Gasteiger partial charge in [0.2, 0.25) is 0 Å². The zero-order valence-corrected chi connectivity index (χ0v) is 7.18. The van der Waals surface area contributed by atoms with E-state index < -0.39 is 5.82 Å². The summed E-state index contributed by atoms with van der Waals surface area (Å²) in [4.78, 5) is 7.87. The van der Waals surface area contributed by atoms with Crippen LogP contribution in [-0.4, -0.2) is 15.1 Å². The summed E-state index contributed by atoms with van der Waals surface area (Å²) in [6.45, 7) is 0. The van der Waals surface area contributed by atoms with Gasteiger partial charge < -0.3 is 5.11 Å². The highest BCUT2D eigenvalue weighted by atomic mass is 19.1. The summed E-state index contributed by atoms with van der Waals surface area (Å²) in [6.07, 6.45) is 4.60. The molecule has 1 aromatic carbocycles. The lowest BCUT2D eigenvalue weighted by molar-refractivity contribution is 0.432. The van der Waals surface area contributed by atoms with E-state index >= 15 is 0 Å². The Bertz CT molecular complexity index is 445. The molecular formula is C10H7FN2O. The zero-order chi connectivity index (χ0) is 9.97. The average Bonchev–Trinajstić information content (AvgIpc) is 2.23. The number of nitrogens with zero attached hydrogens (tertiary/aromatic N) is 2. The Hall–Kier alpha value is -1.97. The lowest BCUT2D eigenvalue weighted by atomic mass is 10.1. The van der Waals surface area contributed by atoms with Gasteiger partial charge in [-0.3, -0.25) is 9.97 Å². The maximum absolute atomic E-state index is 13.0. The highest BCUT2D eigenvalue weighted by molar-refractivity contribution is 5.58. The van der Waals surface area contributed by atoms with Crippen LogP contribution in [-0.2, 0) is 0 Å². The molecule has 1 aromatic heterocycles. The van der Waals surface area contributed by atoms with Crippen LogP contribution < -0.4 is 0 Å². The minimum Gasteiger partial charge on any atom is -0.505 e. The average molecular weight is 190 g/mol. The lowest BCUT2D eigenvalue weighted by Gasteiger charge is -2.00. The van der Waals surface area contributed by atoms with Crippen molar-refractivity contribution in [3.8, 4) is 17.0 Å². The first-order valence-electron chi connectivity index (χ1n) is 4.02. The Morgan fingerprint density at radius 3 is 2.71 bits per heavy atom. The number of benzene rings is 1. The predicted molar refractivity (Wildman–Crippen MR) is 49.1 cm³/mol. The van der Waals surface area contributed by atoms with Crippen LogP contribution in [0.25, 0.3) is 11.3 Å². The fourth-order valence-corrected chi connectivity index (χ4v) is 1.11. The van der Waals surface area contributed by atoms with Crippen molar-refractivity contribution in [2.75, 3.05) is 0 Å². The SMILES string of the molecule is Oc1ccc(-c2cnccn2)cc1F. The van der Waals surface area contributed by atoms with Crippen molar-refractivity contribution in [3.63, 3.8) is 0 Å². The Kier molecular flexibility index (Phi) is 2.10. The van der Waals surface area contributed by atoms with E-state index in [-0.39, 0.29) is 5.75 Å². The first-order valence-corrected chi connectivity index (χ1v) is 4.02. The fraction of sp³-hybridized carbons (Fsp3) is 0. The van der Waals surface area contributed by atoms with Crippen molar-refractivity contribution < 1.29 is 9.50 Å². The molecule has 0 saturated carbocycles. The van der Waals surface area contributed by atoms with E-state index in [1.807, 2.05) is 0 Å². The molecule has 0 unspecified atom stereocenters. The van der Waals surface area contributed by atoms with Crippen molar-refractivity contribution >= 4 is 0 Å². The molecule has 1 N–H and O–H groups in total. The Morgan fingerprint density at radius 1 is 1.21 bits per heavy atom. The third-order valence-corrected chi connectivity index (χ3v) is 1.81. The standard InChI is InChI=1S/C10H7FN2O/c11-8-5-7(1-2-10(8)14)9-6-12-3-4-13-9/h1-6,14H. The van der Waals surface area contributed by atoms with E-state index in [4.69, 9.17) is 5.11 Å². The van der Waals surface area contributed by atoms with E-state index in [0.29, 0.717) is 11.3 Å². The molecule has 70 valence electrons. The molecule has 0 radical (unpaired) electrons. The molecule has 14 heavy (non-hydrogen) atoms. The monoisotopic (exact) mass is 190 g/mol. The molecule has 0 bridgehead atoms. The van der Waals surface area contributed by atoms with Crippen LogP contribution in [0.15, 0.2) is 36.8 Å². The van der Waals surface area contributed by atoms with Crippen molar-refractivity contribution in [1.82, 2.24) is 9.97 Å². The Labute approximate surface area is 79.9 Å². The minimum absolute atomic E-state index is 0.363. The lowest BCUT2D eigenvalue weighted by Crippen LogP contribution is -1.85. The van der Waals surface area contributed by atoms with Gasteiger partial charge >= 0.3 is 0 Å². The second-order valence-electron chi connectivity index (χ2n) is 2.76. The van der Waals surface area contributed by atoms with Crippen LogP contribution in [0.1, 0.15) is 0 Å². The van der Waals surface area contributed by atoms with Gasteiger partial charge in [-0.1, -0.05) is 0 Å². The molecule has 0 amide bonds. The minimum atomic E-state index is -0.659. The number of hydrogen-bond donors (Lipinski definition) is 1. The summed E-state index contributed by atoms with van der Waals surface area (Å²) < 4.78 is 13.0. The van der Waals surface area contributed by atoms with Gasteiger partial charge in [0.15, 0.2) is 11.6 Å². The van der Waals surface area contributed by atoms with Crippen molar-refractivity contribution in [3.05, 3.63) is 42.6 Å². The van der Waals surface area contributed by atoms with Gasteiger partial charge in [0.1, 0.15) is 0 Å². The van der Waals surface area contributed by atoms with Crippen molar-refractivity contribution in [2.24, 2.45) is 0 Å². The summed E-state index contributed by atoms with van der Waals surface area (Å²) in [5.41, 5.74) is 1.17. The largest absolute Gasteiger partial charge is 0.505 e. The van der Waals surface area contributed by atoms with E-state index in [1.165, 1.54) is 24.5 Å². The summed E-state index contributed by atoms with van der Waals surface area (Å²) in [5, 5.41) is 8.98. The Morgan fingerprint density at radius 2 is 2.07 bits per heavy atom. The van der Waals surface area contributed by atoms with Crippen LogP contribution >= 0.6 is 0 Å². The summed E-state index contributed by atoms with van der Waals surface area (Å²) in [6, 6.07) is 4.10. The molecule has 3 nitrogen and oxygen atoms in total. The molecule has 2 rings (SSSR count). The predicted octanol–water partition coefficient (Wildman–Crippen LogP) is 1.99. The third kappa shape index (κ3) is 1.54. The van der Waals surface area contributed by atoms with Gasteiger partial charge in [-0.25, -0.2) is 4.39 Å². The van der Waals surface area contributed by atoms with Gasteiger partial charge in [0.25, 0.3) is 0 Å². The molecule has 1 heterocycles. The van der Waals surface area contributed by atoms with E-state index in [0.717, 1.165) is 0 Å². The second kappa shape index (κ2) is 3.41. The summed E-state index contributed by atoms with van der Waals surface area (Å²) >= 11 is 0. The molecule has 0 spiro atoms. The van der Waals surface area contributed by atoms with Crippen molar-refractivity contribution in [2.45, 2.75) is 0 Å². The van der Waals surface area contributed by atoms with E-state index in [2.05, 4.69) is 9.97 Å². The third-order valence-electron chi connectivity index (χ3n) is 1.81. The van der Waals surface area contributed by atoms with E-state index in [1.54, 1.807) is 12.3 Å². The van der Waals surface area contributed by atoms with Gasteiger partial charge in [0.05, 0.1) is 11.9 Å². The van der Waals surface area contributed by atoms with Crippen LogP contribution in [0, 0.1) is 5.82 Å². The maximum Gasteiger partial charge on any atom is 0.165 e. The first kappa shape index (κ1) is 8.62. The number of rotatable bonds is 1. The molecule has 2 aromatic rings. The van der Waals surface area contributed by atoms with Gasteiger partial charge in [-0.05, 0) is 18.2 Å². The van der Waals surface area contributed by atoms with Crippen molar-refractivity contribution in [1.29, 1.82) is 0 Å². The van der Waals surface area contributed by atoms with Crippen LogP contribution in [0.5, 0.6) is 5.75 Å². The topological polar surface area (TPSA) is 46.0 Å². The molecule has 0 aliphatic rings. The van der Waals surface area contributed by atoms with Gasteiger partial charge in [0, 0.05) is 18.0 Å². The molecule has 0 aliphatic carbocycles. The van der Waals surface area contributed by atoms with Crippen LogP contribution in [0.3, 0.4) is 0 Å². The molecule has 4 heteroatoms. The fourth-order valence-electron chi connectivity index (χ4n) is 1.11.